The monoisotopic (exact) mass is 274 g/mol. The van der Waals surface area contributed by atoms with Crippen molar-refractivity contribution in [3.63, 3.8) is 0 Å². The van der Waals surface area contributed by atoms with Crippen molar-refractivity contribution in [3.8, 4) is 0 Å². The highest BCUT2D eigenvalue weighted by molar-refractivity contribution is 5.07. The predicted octanol–water partition coefficient (Wildman–Crippen LogP) is 3.11. The van der Waals surface area contributed by atoms with Crippen LogP contribution in [0.5, 0.6) is 0 Å². The summed E-state index contributed by atoms with van der Waals surface area (Å²) in [5.74, 6) is 3.00. The highest BCUT2D eigenvalue weighted by atomic mass is 16.3. The molecule has 2 aromatic rings. The number of rotatable bonds is 6. The maximum Gasteiger partial charge on any atom is 0.122 e. The van der Waals surface area contributed by atoms with E-state index in [1.165, 1.54) is 12.8 Å². The molecule has 1 saturated heterocycles. The Morgan fingerprint density at radius 3 is 2.75 bits per heavy atom. The quantitative estimate of drug-likeness (QED) is 0.879. The molecule has 0 aliphatic carbocycles. The molecule has 1 aliphatic heterocycles. The van der Waals surface area contributed by atoms with Crippen LogP contribution in [0.4, 0.5) is 0 Å². The first kappa shape index (κ1) is 13.5. The third kappa shape index (κ3) is 3.14. The van der Waals surface area contributed by atoms with Gasteiger partial charge < -0.3 is 14.2 Å². The summed E-state index contributed by atoms with van der Waals surface area (Å²) in [6.45, 7) is 5.94. The van der Waals surface area contributed by atoms with E-state index in [9.17, 15) is 0 Å². The Labute approximate surface area is 119 Å². The highest BCUT2D eigenvalue weighted by Crippen LogP contribution is 2.24. The SMILES string of the molecule is Cc1ccc(CNC[C@H](c2ccco2)N2CCCC2)o1. The van der Waals surface area contributed by atoms with Crippen molar-refractivity contribution in [2.45, 2.75) is 32.4 Å². The predicted molar refractivity (Wildman–Crippen MR) is 77.4 cm³/mol. The molecule has 0 spiro atoms. The molecule has 3 rings (SSSR count). The Bertz CT molecular complexity index is 512. The summed E-state index contributed by atoms with van der Waals surface area (Å²) in [7, 11) is 0. The molecule has 0 radical (unpaired) electrons. The summed E-state index contributed by atoms with van der Waals surface area (Å²) in [6.07, 6.45) is 4.33. The Morgan fingerprint density at radius 1 is 1.25 bits per heavy atom. The number of hydrogen-bond acceptors (Lipinski definition) is 4. The van der Waals surface area contributed by atoms with Crippen LogP contribution in [0.15, 0.2) is 39.4 Å². The van der Waals surface area contributed by atoms with Crippen LogP contribution in [0.25, 0.3) is 0 Å². The molecule has 1 fully saturated rings. The minimum atomic E-state index is 0.323. The topological polar surface area (TPSA) is 41.6 Å². The van der Waals surface area contributed by atoms with E-state index in [0.717, 1.165) is 43.5 Å². The van der Waals surface area contributed by atoms with Crippen molar-refractivity contribution in [1.82, 2.24) is 10.2 Å². The summed E-state index contributed by atoms with van der Waals surface area (Å²) in [6, 6.07) is 8.39. The largest absolute Gasteiger partial charge is 0.468 e. The van der Waals surface area contributed by atoms with Gasteiger partial charge >= 0.3 is 0 Å². The zero-order valence-electron chi connectivity index (χ0n) is 12.0. The Hall–Kier alpha value is -1.52. The van der Waals surface area contributed by atoms with E-state index in [0.29, 0.717) is 6.04 Å². The fourth-order valence-corrected chi connectivity index (χ4v) is 2.86. The first-order chi connectivity index (χ1) is 9.83. The molecule has 20 heavy (non-hydrogen) atoms. The molecule has 0 bridgehead atoms. The lowest BCUT2D eigenvalue weighted by atomic mass is 10.2. The van der Waals surface area contributed by atoms with Gasteiger partial charge in [-0.2, -0.15) is 0 Å². The lowest BCUT2D eigenvalue weighted by Gasteiger charge is -2.25. The van der Waals surface area contributed by atoms with E-state index in [2.05, 4.69) is 16.3 Å². The van der Waals surface area contributed by atoms with E-state index < -0.39 is 0 Å². The standard InChI is InChI=1S/C16H22N2O2/c1-13-6-7-14(20-13)11-17-12-15(16-5-4-10-19-16)18-8-2-3-9-18/h4-7,10,15,17H,2-3,8-9,11-12H2,1H3/t15-/m1/s1. The molecule has 2 aromatic heterocycles. The molecule has 0 amide bonds. The highest BCUT2D eigenvalue weighted by Gasteiger charge is 2.25. The van der Waals surface area contributed by atoms with Crippen molar-refractivity contribution in [3.05, 3.63) is 47.8 Å². The number of nitrogens with zero attached hydrogens (tertiary/aromatic N) is 1. The van der Waals surface area contributed by atoms with Crippen LogP contribution in [-0.2, 0) is 6.54 Å². The average Bonchev–Trinajstić information content (AvgIpc) is 3.18. The van der Waals surface area contributed by atoms with Crippen LogP contribution < -0.4 is 5.32 Å². The van der Waals surface area contributed by atoms with Crippen LogP contribution in [-0.4, -0.2) is 24.5 Å². The molecule has 1 N–H and O–H groups in total. The molecule has 1 atom stereocenters. The summed E-state index contributed by atoms with van der Waals surface area (Å²) in [5, 5.41) is 3.48. The number of nitrogens with one attached hydrogen (secondary N) is 1. The molecular weight excluding hydrogens is 252 g/mol. The van der Waals surface area contributed by atoms with Gasteiger partial charge in [-0.1, -0.05) is 0 Å². The summed E-state index contributed by atoms with van der Waals surface area (Å²) in [4.78, 5) is 2.50. The second kappa shape index (κ2) is 6.29. The van der Waals surface area contributed by atoms with Gasteiger partial charge in [0.2, 0.25) is 0 Å². The smallest absolute Gasteiger partial charge is 0.122 e. The van der Waals surface area contributed by atoms with Gasteiger partial charge in [0.15, 0.2) is 0 Å². The lowest BCUT2D eigenvalue weighted by molar-refractivity contribution is 0.208. The zero-order valence-corrected chi connectivity index (χ0v) is 12.0. The first-order valence-electron chi connectivity index (χ1n) is 7.36. The van der Waals surface area contributed by atoms with E-state index in [1.54, 1.807) is 6.26 Å². The van der Waals surface area contributed by atoms with Gasteiger partial charge in [0.05, 0.1) is 18.8 Å². The van der Waals surface area contributed by atoms with E-state index in [1.807, 2.05) is 25.1 Å². The minimum Gasteiger partial charge on any atom is -0.468 e. The minimum absolute atomic E-state index is 0.323. The van der Waals surface area contributed by atoms with Crippen molar-refractivity contribution < 1.29 is 8.83 Å². The number of furan rings is 2. The maximum atomic E-state index is 5.61. The normalized spacial score (nSPS) is 17.6. The number of likely N-dealkylation sites (tertiary alicyclic amines) is 1. The molecule has 0 saturated carbocycles. The molecule has 0 aromatic carbocycles. The van der Waals surface area contributed by atoms with Gasteiger partial charge in [0, 0.05) is 6.54 Å². The molecule has 1 aliphatic rings. The molecule has 4 nitrogen and oxygen atoms in total. The molecule has 108 valence electrons. The van der Waals surface area contributed by atoms with Crippen molar-refractivity contribution >= 4 is 0 Å². The van der Waals surface area contributed by atoms with Gasteiger partial charge in [-0.25, -0.2) is 0 Å². The Balaban J connectivity index is 1.58. The van der Waals surface area contributed by atoms with E-state index in [-0.39, 0.29) is 0 Å². The van der Waals surface area contributed by atoms with Crippen molar-refractivity contribution in [2.24, 2.45) is 0 Å². The molecular formula is C16H22N2O2. The third-order valence-electron chi connectivity index (χ3n) is 3.89. The first-order valence-corrected chi connectivity index (χ1v) is 7.36. The summed E-state index contributed by atoms with van der Waals surface area (Å²) in [5.41, 5.74) is 0. The third-order valence-corrected chi connectivity index (χ3v) is 3.89. The van der Waals surface area contributed by atoms with E-state index >= 15 is 0 Å². The maximum absolute atomic E-state index is 5.61. The summed E-state index contributed by atoms with van der Waals surface area (Å²) >= 11 is 0. The van der Waals surface area contributed by atoms with Gasteiger partial charge in [0.1, 0.15) is 17.3 Å². The summed E-state index contributed by atoms with van der Waals surface area (Å²) < 4.78 is 11.2. The molecule has 3 heterocycles. The van der Waals surface area contributed by atoms with Gasteiger partial charge in [-0.3, -0.25) is 4.90 Å². The van der Waals surface area contributed by atoms with Crippen LogP contribution in [0.2, 0.25) is 0 Å². The second-order valence-electron chi connectivity index (χ2n) is 5.42. The average molecular weight is 274 g/mol. The van der Waals surface area contributed by atoms with Gasteiger partial charge in [-0.15, -0.1) is 0 Å². The van der Waals surface area contributed by atoms with Gasteiger partial charge in [0.25, 0.3) is 0 Å². The molecule has 0 unspecified atom stereocenters. The van der Waals surface area contributed by atoms with Gasteiger partial charge in [-0.05, 0) is 57.1 Å². The van der Waals surface area contributed by atoms with Crippen LogP contribution in [0.3, 0.4) is 0 Å². The molecule has 4 heteroatoms. The van der Waals surface area contributed by atoms with Crippen LogP contribution in [0, 0.1) is 6.92 Å². The zero-order chi connectivity index (χ0) is 13.8. The van der Waals surface area contributed by atoms with E-state index in [4.69, 9.17) is 8.83 Å². The van der Waals surface area contributed by atoms with Crippen LogP contribution in [0.1, 0.15) is 36.2 Å². The Morgan fingerprint density at radius 2 is 2.10 bits per heavy atom. The number of aryl methyl sites for hydroxylation is 1. The van der Waals surface area contributed by atoms with Crippen LogP contribution >= 0.6 is 0 Å². The Kier molecular flexibility index (Phi) is 4.23. The lowest BCUT2D eigenvalue weighted by Crippen LogP contribution is -2.33. The number of hydrogen-bond donors (Lipinski definition) is 1. The fourth-order valence-electron chi connectivity index (χ4n) is 2.86. The van der Waals surface area contributed by atoms with Crippen molar-refractivity contribution in [2.75, 3.05) is 19.6 Å². The second-order valence-corrected chi connectivity index (χ2v) is 5.42. The van der Waals surface area contributed by atoms with Crippen molar-refractivity contribution in [1.29, 1.82) is 0 Å². The fraction of sp³-hybridized carbons (Fsp3) is 0.500.